The largest absolute Gasteiger partial charge is 0.232 e. The molecule has 0 rings (SSSR count). The molecule has 0 radical (unpaired) electrons. The summed E-state index contributed by atoms with van der Waals surface area (Å²) < 4.78 is 20.5. The zero-order chi connectivity index (χ0) is 7.49. The van der Waals surface area contributed by atoms with Crippen LogP contribution in [0.25, 0.3) is 0 Å². The molecule has 0 fully saturated rings. The minimum absolute atomic E-state index is 0.0100. The lowest BCUT2D eigenvalue weighted by molar-refractivity contribution is 0.608. The normalized spacial score (nSPS) is 11.3. The number of hydrogen-bond donors (Lipinski definition) is 0. The lowest BCUT2D eigenvalue weighted by Gasteiger charge is -1.93. The third-order valence-electron chi connectivity index (χ3n) is 0.773. The standard InChI is InChI=1S/C5H9ClO2S/c1-5(2)3-4-9(6,7)8/h1,3-4H2,2H3. The first-order chi connectivity index (χ1) is 3.92. The minimum Gasteiger partial charge on any atom is -0.212 e. The van der Waals surface area contributed by atoms with E-state index in [1.54, 1.807) is 6.92 Å². The van der Waals surface area contributed by atoms with Crippen LogP contribution in [0.3, 0.4) is 0 Å². The van der Waals surface area contributed by atoms with E-state index in [0.29, 0.717) is 6.42 Å². The van der Waals surface area contributed by atoms with E-state index < -0.39 is 9.05 Å². The quantitative estimate of drug-likeness (QED) is 0.473. The lowest BCUT2D eigenvalue weighted by atomic mass is 10.3. The van der Waals surface area contributed by atoms with Crippen LogP contribution in [-0.4, -0.2) is 14.2 Å². The second kappa shape index (κ2) is 3.22. The maximum Gasteiger partial charge on any atom is 0.232 e. The zero-order valence-electron chi connectivity index (χ0n) is 5.22. The summed E-state index contributed by atoms with van der Waals surface area (Å²) in [5.41, 5.74) is 0.833. The average molecular weight is 169 g/mol. The Morgan fingerprint density at radius 1 is 1.67 bits per heavy atom. The van der Waals surface area contributed by atoms with E-state index >= 15 is 0 Å². The highest BCUT2D eigenvalue weighted by atomic mass is 35.7. The molecule has 0 saturated carbocycles. The molecule has 4 heteroatoms. The first kappa shape index (κ1) is 8.98. The SMILES string of the molecule is C=C(C)CCS(=O)(=O)Cl. The van der Waals surface area contributed by atoms with Gasteiger partial charge in [-0.25, -0.2) is 8.42 Å². The van der Waals surface area contributed by atoms with Crippen LogP contribution < -0.4 is 0 Å². The van der Waals surface area contributed by atoms with Crippen LogP contribution in [0.15, 0.2) is 12.2 Å². The average Bonchev–Trinajstić information content (AvgIpc) is 1.59. The molecule has 0 unspecified atom stereocenters. The van der Waals surface area contributed by atoms with E-state index in [2.05, 4.69) is 6.58 Å². The Balaban J connectivity index is 3.67. The molecule has 0 bridgehead atoms. The summed E-state index contributed by atoms with van der Waals surface area (Å²) in [6.45, 7) is 5.30. The highest BCUT2D eigenvalue weighted by Crippen LogP contribution is 2.03. The summed E-state index contributed by atoms with van der Waals surface area (Å²) in [7, 11) is 1.60. The lowest BCUT2D eigenvalue weighted by Crippen LogP contribution is -1.96. The summed E-state index contributed by atoms with van der Waals surface area (Å²) in [6.07, 6.45) is 0.450. The van der Waals surface area contributed by atoms with Gasteiger partial charge in [0.1, 0.15) is 0 Å². The number of rotatable bonds is 3. The van der Waals surface area contributed by atoms with E-state index in [9.17, 15) is 8.42 Å². The van der Waals surface area contributed by atoms with Gasteiger partial charge in [-0.05, 0) is 13.3 Å². The van der Waals surface area contributed by atoms with E-state index in [1.165, 1.54) is 0 Å². The molecular weight excluding hydrogens is 160 g/mol. The summed E-state index contributed by atoms with van der Waals surface area (Å²) in [6, 6.07) is 0. The van der Waals surface area contributed by atoms with Crippen molar-refractivity contribution in [3.05, 3.63) is 12.2 Å². The van der Waals surface area contributed by atoms with Gasteiger partial charge in [-0.1, -0.05) is 5.57 Å². The van der Waals surface area contributed by atoms with Gasteiger partial charge in [0.25, 0.3) is 0 Å². The van der Waals surface area contributed by atoms with Gasteiger partial charge in [0, 0.05) is 10.7 Å². The van der Waals surface area contributed by atoms with Gasteiger partial charge in [-0.15, -0.1) is 6.58 Å². The molecule has 9 heavy (non-hydrogen) atoms. The molecule has 0 N–H and O–H groups in total. The van der Waals surface area contributed by atoms with Crippen LogP contribution in [0, 0.1) is 0 Å². The monoisotopic (exact) mass is 168 g/mol. The number of halogens is 1. The Labute approximate surface area is 59.9 Å². The van der Waals surface area contributed by atoms with Gasteiger partial charge in [0.2, 0.25) is 9.05 Å². The Bertz CT molecular complexity index is 193. The van der Waals surface area contributed by atoms with Crippen molar-refractivity contribution in [1.29, 1.82) is 0 Å². The fourth-order valence-electron chi connectivity index (χ4n) is 0.296. The third kappa shape index (κ3) is 7.98. The molecular formula is C5H9ClO2S. The first-order valence-electron chi connectivity index (χ1n) is 2.48. The van der Waals surface area contributed by atoms with Crippen molar-refractivity contribution in [3.63, 3.8) is 0 Å². The van der Waals surface area contributed by atoms with Gasteiger partial charge in [0.15, 0.2) is 0 Å². The van der Waals surface area contributed by atoms with E-state index in [0.717, 1.165) is 5.57 Å². The fraction of sp³-hybridized carbons (Fsp3) is 0.600. The van der Waals surface area contributed by atoms with Crippen LogP contribution in [0.5, 0.6) is 0 Å². The number of allylic oxidation sites excluding steroid dienone is 1. The van der Waals surface area contributed by atoms with Crippen LogP contribution in [0.1, 0.15) is 13.3 Å². The van der Waals surface area contributed by atoms with Crippen molar-refractivity contribution in [2.24, 2.45) is 0 Å². The molecule has 0 atom stereocenters. The van der Waals surface area contributed by atoms with E-state index in [4.69, 9.17) is 10.7 Å². The smallest absolute Gasteiger partial charge is 0.212 e. The molecule has 54 valence electrons. The second-order valence-corrected chi connectivity index (χ2v) is 4.85. The van der Waals surface area contributed by atoms with E-state index in [1.807, 2.05) is 0 Å². The van der Waals surface area contributed by atoms with Crippen molar-refractivity contribution in [2.45, 2.75) is 13.3 Å². The summed E-state index contributed by atoms with van der Waals surface area (Å²) >= 11 is 0. The Morgan fingerprint density at radius 3 is 2.22 bits per heavy atom. The fourth-order valence-corrected chi connectivity index (χ4v) is 1.12. The summed E-state index contributed by atoms with van der Waals surface area (Å²) in [5.74, 6) is -0.0100. The molecule has 0 aromatic carbocycles. The van der Waals surface area contributed by atoms with E-state index in [-0.39, 0.29) is 5.75 Å². The molecule has 2 nitrogen and oxygen atoms in total. The van der Waals surface area contributed by atoms with Crippen LogP contribution in [0.2, 0.25) is 0 Å². The van der Waals surface area contributed by atoms with Crippen molar-refractivity contribution >= 4 is 19.7 Å². The Kier molecular flexibility index (Phi) is 3.22. The molecule has 0 saturated heterocycles. The van der Waals surface area contributed by atoms with Crippen molar-refractivity contribution in [3.8, 4) is 0 Å². The second-order valence-electron chi connectivity index (χ2n) is 1.95. The Morgan fingerprint density at radius 2 is 2.11 bits per heavy atom. The molecule has 0 aliphatic carbocycles. The molecule has 0 amide bonds. The molecule has 0 aromatic rings. The molecule has 0 aliphatic rings. The van der Waals surface area contributed by atoms with Crippen LogP contribution in [0.4, 0.5) is 0 Å². The zero-order valence-corrected chi connectivity index (χ0v) is 6.80. The van der Waals surface area contributed by atoms with Crippen LogP contribution >= 0.6 is 10.7 Å². The highest BCUT2D eigenvalue weighted by Gasteiger charge is 2.02. The topological polar surface area (TPSA) is 34.1 Å². The first-order valence-corrected chi connectivity index (χ1v) is 4.96. The van der Waals surface area contributed by atoms with Gasteiger partial charge >= 0.3 is 0 Å². The number of hydrogen-bond acceptors (Lipinski definition) is 2. The Hall–Kier alpha value is -0.0200. The van der Waals surface area contributed by atoms with Crippen LogP contribution in [-0.2, 0) is 9.05 Å². The predicted molar refractivity (Wildman–Crippen MR) is 39.1 cm³/mol. The third-order valence-corrected chi connectivity index (χ3v) is 1.93. The molecule has 0 heterocycles. The van der Waals surface area contributed by atoms with Gasteiger partial charge in [0.05, 0.1) is 5.75 Å². The van der Waals surface area contributed by atoms with Crippen molar-refractivity contribution in [1.82, 2.24) is 0 Å². The predicted octanol–water partition coefficient (Wildman–Crippen LogP) is 1.52. The molecule has 0 spiro atoms. The van der Waals surface area contributed by atoms with Crippen molar-refractivity contribution < 1.29 is 8.42 Å². The molecule has 0 aliphatic heterocycles. The minimum atomic E-state index is -3.31. The summed E-state index contributed by atoms with van der Waals surface area (Å²) in [5, 5.41) is 0. The molecule has 0 aromatic heterocycles. The van der Waals surface area contributed by atoms with Crippen molar-refractivity contribution in [2.75, 3.05) is 5.75 Å². The summed E-state index contributed by atoms with van der Waals surface area (Å²) in [4.78, 5) is 0. The highest BCUT2D eigenvalue weighted by molar-refractivity contribution is 8.13. The maximum atomic E-state index is 10.3. The van der Waals surface area contributed by atoms with Gasteiger partial charge in [-0.2, -0.15) is 0 Å². The van der Waals surface area contributed by atoms with Gasteiger partial charge < -0.3 is 0 Å². The maximum absolute atomic E-state index is 10.3. The van der Waals surface area contributed by atoms with Gasteiger partial charge in [-0.3, -0.25) is 0 Å².